The third kappa shape index (κ3) is 4.79. The molecule has 152 valence electrons. The number of methoxy groups -OCH3 is 2. The summed E-state index contributed by atoms with van der Waals surface area (Å²) in [5.41, 5.74) is 1.37. The van der Waals surface area contributed by atoms with E-state index in [2.05, 4.69) is 10.2 Å². The Kier molecular flexibility index (Phi) is 6.27. The second-order valence-electron chi connectivity index (χ2n) is 7.53. The van der Waals surface area contributed by atoms with Gasteiger partial charge in [0, 0.05) is 16.7 Å². The standard InChI is InChI=1S/C22H25N3O3S/c1-22(2,3)19(26)14-29-21-24-23-20(15-7-6-8-18(13-15)28-5)25(21)16-9-11-17(27-4)12-10-16/h6-13H,14H2,1-5H3. The lowest BCUT2D eigenvalue weighted by Gasteiger charge is -2.16. The van der Waals surface area contributed by atoms with Gasteiger partial charge in [-0.1, -0.05) is 44.7 Å². The fourth-order valence-electron chi connectivity index (χ4n) is 2.62. The van der Waals surface area contributed by atoms with Gasteiger partial charge in [-0.05, 0) is 36.4 Å². The molecule has 0 radical (unpaired) electrons. The summed E-state index contributed by atoms with van der Waals surface area (Å²) < 4.78 is 12.6. The summed E-state index contributed by atoms with van der Waals surface area (Å²) in [7, 11) is 3.27. The lowest BCUT2D eigenvalue weighted by molar-refractivity contribution is -0.123. The molecule has 0 aliphatic rings. The van der Waals surface area contributed by atoms with E-state index in [-0.39, 0.29) is 5.78 Å². The lowest BCUT2D eigenvalue weighted by Crippen LogP contribution is -2.22. The van der Waals surface area contributed by atoms with Crippen LogP contribution in [0.5, 0.6) is 11.5 Å². The summed E-state index contributed by atoms with van der Waals surface area (Å²) >= 11 is 1.39. The Bertz CT molecular complexity index is 991. The van der Waals surface area contributed by atoms with E-state index in [1.807, 2.05) is 73.9 Å². The topological polar surface area (TPSA) is 66.2 Å². The lowest BCUT2D eigenvalue weighted by atomic mass is 9.92. The first kappa shape index (κ1) is 20.9. The molecule has 6 nitrogen and oxygen atoms in total. The summed E-state index contributed by atoms with van der Waals surface area (Å²) in [4.78, 5) is 12.4. The van der Waals surface area contributed by atoms with E-state index in [4.69, 9.17) is 9.47 Å². The minimum atomic E-state index is -0.395. The van der Waals surface area contributed by atoms with Crippen LogP contribution in [0.2, 0.25) is 0 Å². The molecule has 0 N–H and O–H groups in total. The molecule has 0 unspecified atom stereocenters. The minimum absolute atomic E-state index is 0.162. The van der Waals surface area contributed by atoms with Gasteiger partial charge in [-0.3, -0.25) is 9.36 Å². The zero-order chi connectivity index (χ0) is 21.0. The van der Waals surface area contributed by atoms with Gasteiger partial charge in [0.2, 0.25) is 0 Å². The Hall–Kier alpha value is -2.80. The SMILES string of the molecule is COc1ccc(-n2c(SCC(=O)C(C)(C)C)nnc2-c2cccc(OC)c2)cc1. The molecule has 0 bridgehead atoms. The van der Waals surface area contributed by atoms with Crippen LogP contribution in [0, 0.1) is 5.41 Å². The molecule has 3 rings (SSSR count). The maximum Gasteiger partial charge on any atom is 0.196 e. The van der Waals surface area contributed by atoms with Crippen molar-refractivity contribution < 1.29 is 14.3 Å². The number of ketones is 1. The fraction of sp³-hybridized carbons (Fsp3) is 0.318. The van der Waals surface area contributed by atoms with Crippen molar-refractivity contribution in [2.45, 2.75) is 25.9 Å². The second-order valence-corrected chi connectivity index (χ2v) is 8.48. The van der Waals surface area contributed by atoms with Crippen molar-refractivity contribution in [1.29, 1.82) is 0 Å². The van der Waals surface area contributed by atoms with Gasteiger partial charge >= 0.3 is 0 Å². The second kappa shape index (κ2) is 8.69. The maximum absolute atomic E-state index is 12.4. The number of ether oxygens (including phenoxy) is 2. The minimum Gasteiger partial charge on any atom is -0.497 e. The predicted octanol–water partition coefficient (Wildman–Crippen LogP) is 4.66. The predicted molar refractivity (Wildman–Crippen MR) is 115 cm³/mol. The van der Waals surface area contributed by atoms with E-state index in [1.54, 1.807) is 14.2 Å². The van der Waals surface area contributed by atoms with Crippen LogP contribution < -0.4 is 9.47 Å². The molecule has 2 aromatic carbocycles. The van der Waals surface area contributed by atoms with E-state index in [0.717, 1.165) is 22.7 Å². The van der Waals surface area contributed by atoms with Crippen molar-refractivity contribution in [3.8, 4) is 28.6 Å². The van der Waals surface area contributed by atoms with Crippen molar-refractivity contribution in [2.24, 2.45) is 5.41 Å². The van der Waals surface area contributed by atoms with E-state index in [1.165, 1.54) is 11.8 Å². The first-order chi connectivity index (χ1) is 13.8. The highest BCUT2D eigenvalue weighted by atomic mass is 32.2. The van der Waals surface area contributed by atoms with Crippen LogP contribution in [-0.4, -0.2) is 40.5 Å². The Morgan fingerprint density at radius 2 is 1.69 bits per heavy atom. The van der Waals surface area contributed by atoms with Gasteiger partial charge in [0.15, 0.2) is 11.0 Å². The summed E-state index contributed by atoms with van der Waals surface area (Å²) in [6.45, 7) is 5.77. The average molecular weight is 412 g/mol. The number of hydrogen-bond donors (Lipinski definition) is 0. The van der Waals surface area contributed by atoms with E-state index in [0.29, 0.717) is 16.7 Å². The van der Waals surface area contributed by atoms with E-state index in [9.17, 15) is 4.79 Å². The van der Waals surface area contributed by atoms with Gasteiger partial charge in [0.05, 0.1) is 20.0 Å². The molecule has 29 heavy (non-hydrogen) atoms. The summed E-state index contributed by atoms with van der Waals surface area (Å²) in [6, 6.07) is 15.3. The molecular weight excluding hydrogens is 386 g/mol. The zero-order valence-corrected chi connectivity index (χ0v) is 18.1. The number of benzene rings is 2. The molecule has 0 spiro atoms. The maximum atomic E-state index is 12.4. The average Bonchev–Trinajstić information content (AvgIpc) is 3.15. The first-order valence-electron chi connectivity index (χ1n) is 9.24. The molecule has 0 amide bonds. The van der Waals surface area contributed by atoms with Crippen molar-refractivity contribution >= 4 is 17.5 Å². The number of nitrogens with zero attached hydrogens (tertiary/aromatic N) is 3. The smallest absolute Gasteiger partial charge is 0.196 e. The van der Waals surface area contributed by atoms with Crippen LogP contribution in [0.15, 0.2) is 53.7 Å². The Labute approximate surface area is 175 Å². The van der Waals surface area contributed by atoms with Gasteiger partial charge in [-0.2, -0.15) is 0 Å². The Balaban J connectivity index is 2.04. The molecule has 0 saturated carbocycles. The van der Waals surface area contributed by atoms with Gasteiger partial charge in [-0.25, -0.2) is 0 Å². The highest BCUT2D eigenvalue weighted by Gasteiger charge is 2.23. The van der Waals surface area contributed by atoms with E-state index >= 15 is 0 Å². The van der Waals surface area contributed by atoms with Gasteiger partial charge in [0.1, 0.15) is 17.3 Å². The molecular formula is C22H25N3O3S. The van der Waals surface area contributed by atoms with Crippen LogP contribution in [0.3, 0.4) is 0 Å². The van der Waals surface area contributed by atoms with Gasteiger partial charge < -0.3 is 9.47 Å². The third-order valence-electron chi connectivity index (χ3n) is 4.46. The van der Waals surface area contributed by atoms with Crippen LogP contribution in [0.4, 0.5) is 0 Å². The largest absolute Gasteiger partial charge is 0.497 e. The van der Waals surface area contributed by atoms with Crippen molar-refractivity contribution in [1.82, 2.24) is 14.8 Å². The number of aromatic nitrogens is 3. The number of rotatable bonds is 7. The third-order valence-corrected chi connectivity index (χ3v) is 5.39. The molecule has 1 aromatic heterocycles. The van der Waals surface area contributed by atoms with Gasteiger partial charge in [-0.15, -0.1) is 10.2 Å². The molecule has 0 atom stereocenters. The highest BCUT2D eigenvalue weighted by Crippen LogP contribution is 2.31. The molecule has 0 fully saturated rings. The summed E-state index contributed by atoms with van der Waals surface area (Å²) in [6.07, 6.45) is 0. The summed E-state index contributed by atoms with van der Waals surface area (Å²) in [5.74, 6) is 2.68. The van der Waals surface area contributed by atoms with Crippen molar-refractivity contribution in [3.05, 3.63) is 48.5 Å². The number of Topliss-reactive ketones (excluding diaryl/α,β-unsaturated/α-hetero) is 1. The number of hydrogen-bond acceptors (Lipinski definition) is 6. The highest BCUT2D eigenvalue weighted by molar-refractivity contribution is 7.99. The van der Waals surface area contributed by atoms with Crippen LogP contribution in [0.25, 0.3) is 17.1 Å². The Morgan fingerprint density at radius 1 is 1.00 bits per heavy atom. The van der Waals surface area contributed by atoms with Crippen LogP contribution in [-0.2, 0) is 4.79 Å². The Morgan fingerprint density at radius 3 is 2.31 bits per heavy atom. The number of carbonyl (C=O) groups excluding carboxylic acids is 1. The van der Waals surface area contributed by atoms with Gasteiger partial charge in [0.25, 0.3) is 0 Å². The quantitative estimate of drug-likeness (QED) is 0.527. The fourth-order valence-corrected chi connectivity index (χ4v) is 3.74. The number of thioether (sulfide) groups is 1. The summed E-state index contributed by atoms with van der Waals surface area (Å²) in [5, 5.41) is 9.45. The number of carbonyl (C=O) groups is 1. The monoisotopic (exact) mass is 411 g/mol. The van der Waals surface area contributed by atoms with Crippen molar-refractivity contribution in [3.63, 3.8) is 0 Å². The van der Waals surface area contributed by atoms with Crippen LogP contribution >= 0.6 is 11.8 Å². The van der Waals surface area contributed by atoms with Crippen molar-refractivity contribution in [2.75, 3.05) is 20.0 Å². The first-order valence-corrected chi connectivity index (χ1v) is 10.2. The molecule has 0 saturated heterocycles. The molecule has 0 aliphatic carbocycles. The molecule has 1 heterocycles. The normalized spacial score (nSPS) is 11.3. The molecule has 0 aliphatic heterocycles. The molecule has 7 heteroatoms. The molecule has 3 aromatic rings. The zero-order valence-electron chi connectivity index (χ0n) is 17.3. The van der Waals surface area contributed by atoms with Crippen LogP contribution in [0.1, 0.15) is 20.8 Å². The van der Waals surface area contributed by atoms with E-state index < -0.39 is 5.41 Å².